The lowest BCUT2D eigenvalue weighted by Gasteiger charge is -2.40. The van der Waals surface area contributed by atoms with Crippen molar-refractivity contribution in [1.29, 1.82) is 0 Å². The first-order valence-corrected chi connectivity index (χ1v) is 7.95. The summed E-state index contributed by atoms with van der Waals surface area (Å²) in [4.78, 5) is 5.97. The van der Waals surface area contributed by atoms with Gasteiger partial charge in [-0.15, -0.1) is 0 Å². The Morgan fingerprint density at radius 1 is 1.04 bits per heavy atom. The number of aliphatic imine (C=N–C) groups is 1. The zero-order valence-electron chi connectivity index (χ0n) is 14.6. The summed E-state index contributed by atoms with van der Waals surface area (Å²) in [6.45, 7) is 6.10. The minimum Gasteiger partial charge on any atom is -0.365 e. The standard InChI is InChI=1S/C20H19F3N2/c1-12-10-20(2,3)25(4)19-9-16(22)13(7-15(12)19)11-24-18-6-5-14(21)8-17(18)23/h5-11H,1-4H3. The SMILES string of the molecule is CC1=CC(C)(C)N(C)c2cc(F)c(C=Nc3ccc(F)cc3F)cc21. The predicted molar refractivity (Wildman–Crippen MR) is 96.1 cm³/mol. The second-order valence-corrected chi connectivity index (χ2v) is 6.78. The van der Waals surface area contributed by atoms with Crippen LogP contribution in [0.3, 0.4) is 0 Å². The molecule has 0 radical (unpaired) electrons. The van der Waals surface area contributed by atoms with Gasteiger partial charge in [0.15, 0.2) is 5.82 Å². The van der Waals surface area contributed by atoms with Crippen molar-refractivity contribution < 1.29 is 13.2 Å². The van der Waals surface area contributed by atoms with Crippen molar-refractivity contribution in [3.05, 3.63) is 65.0 Å². The van der Waals surface area contributed by atoms with Gasteiger partial charge in [0.25, 0.3) is 0 Å². The molecule has 1 aliphatic rings. The van der Waals surface area contributed by atoms with Crippen LogP contribution >= 0.6 is 0 Å². The molecular formula is C20H19F3N2. The van der Waals surface area contributed by atoms with Crippen molar-refractivity contribution in [3.63, 3.8) is 0 Å². The number of allylic oxidation sites excluding steroid dienone is 1. The van der Waals surface area contributed by atoms with Crippen molar-refractivity contribution >= 4 is 23.2 Å². The zero-order chi connectivity index (χ0) is 18.4. The van der Waals surface area contributed by atoms with E-state index in [1.807, 2.05) is 18.9 Å². The molecule has 0 fully saturated rings. The summed E-state index contributed by atoms with van der Waals surface area (Å²) in [6.07, 6.45) is 3.38. The molecule has 2 aromatic rings. The van der Waals surface area contributed by atoms with Crippen LogP contribution in [0.4, 0.5) is 24.5 Å². The van der Waals surface area contributed by atoms with Crippen LogP contribution in [0.5, 0.6) is 0 Å². The molecule has 1 heterocycles. The molecule has 1 aliphatic heterocycles. The topological polar surface area (TPSA) is 15.6 Å². The number of hydrogen-bond acceptors (Lipinski definition) is 2. The lowest BCUT2D eigenvalue weighted by molar-refractivity contribution is 0.584. The number of fused-ring (bicyclic) bond motifs is 1. The second kappa shape index (κ2) is 6.06. The van der Waals surface area contributed by atoms with Gasteiger partial charge in [0.05, 0.1) is 11.2 Å². The zero-order valence-corrected chi connectivity index (χ0v) is 14.6. The van der Waals surface area contributed by atoms with E-state index in [0.717, 1.165) is 29.0 Å². The third-order valence-corrected chi connectivity index (χ3v) is 4.59. The van der Waals surface area contributed by atoms with Gasteiger partial charge in [0.2, 0.25) is 0 Å². The lowest BCUT2D eigenvalue weighted by atomic mass is 9.88. The predicted octanol–water partition coefficient (Wildman–Crippen LogP) is 5.49. The van der Waals surface area contributed by atoms with Crippen LogP contribution < -0.4 is 4.90 Å². The van der Waals surface area contributed by atoms with E-state index in [1.54, 1.807) is 6.07 Å². The van der Waals surface area contributed by atoms with Crippen molar-refractivity contribution in [2.24, 2.45) is 4.99 Å². The summed E-state index contributed by atoms with van der Waals surface area (Å²) < 4.78 is 41.1. The maximum absolute atomic E-state index is 14.5. The minimum absolute atomic E-state index is 0.0379. The van der Waals surface area contributed by atoms with Gasteiger partial charge in [-0.2, -0.15) is 0 Å². The van der Waals surface area contributed by atoms with E-state index in [4.69, 9.17) is 0 Å². The van der Waals surface area contributed by atoms with Crippen LogP contribution in [0.25, 0.3) is 5.57 Å². The highest BCUT2D eigenvalue weighted by atomic mass is 19.1. The van der Waals surface area contributed by atoms with Crippen molar-refractivity contribution in [2.45, 2.75) is 26.3 Å². The Kier molecular flexibility index (Phi) is 4.19. The minimum atomic E-state index is -0.785. The number of rotatable bonds is 2. The maximum atomic E-state index is 14.5. The van der Waals surface area contributed by atoms with Gasteiger partial charge < -0.3 is 4.90 Å². The molecule has 3 rings (SSSR count). The first-order valence-electron chi connectivity index (χ1n) is 7.95. The number of anilines is 1. The van der Waals surface area contributed by atoms with E-state index in [0.29, 0.717) is 0 Å². The van der Waals surface area contributed by atoms with E-state index >= 15 is 0 Å². The number of nitrogens with zero attached hydrogens (tertiary/aromatic N) is 2. The van der Waals surface area contributed by atoms with Gasteiger partial charge >= 0.3 is 0 Å². The monoisotopic (exact) mass is 344 g/mol. The molecule has 0 atom stereocenters. The van der Waals surface area contributed by atoms with Crippen molar-refractivity contribution in [3.8, 4) is 0 Å². The van der Waals surface area contributed by atoms with E-state index < -0.39 is 17.5 Å². The third-order valence-electron chi connectivity index (χ3n) is 4.59. The molecule has 0 spiro atoms. The molecular weight excluding hydrogens is 325 g/mol. The fourth-order valence-electron chi connectivity index (χ4n) is 3.01. The molecule has 0 saturated carbocycles. The molecule has 130 valence electrons. The average Bonchev–Trinajstić information content (AvgIpc) is 2.52. The average molecular weight is 344 g/mol. The first-order chi connectivity index (χ1) is 11.7. The fourth-order valence-corrected chi connectivity index (χ4v) is 3.01. The van der Waals surface area contributed by atoms with Crippen LogP contribution in [-0.4, -0.2) is 18.8 Å². The van der Waals surface area contributed by atoms with Crippen molar-refractivity contribution in [2.75, 3.05) is 11.9 Å². The first kappa shape index (κ1) is 17.3. The van der Waals surface area contributed by atoms with E-state index in [2.05, 4.69) is 24.9 Å². The number of halogens is 3. The van der Waals surface area contributed by atoms with Crippen LogP contribution in [0.2, 0.25) is 0 Å². The van der Waals surface area contributed by atoms with Crippen LogP contribution in [-0.2, 0) is 0 Å². The summed E-state index contributed by atoms with van der Waals surface area (Å²) in [5.41, 5.74) is 2.75. The van der Waals surface area contributed by atoms with E-state index in [-0.39, 0.29) is 16.8 Å². The van der Waals surface area contributed by atoms with Crippen LogP contribution in [0.15, 0.2) is 41.4 Å². The van der Waals surface area contributed by atoms with Crippen LogP contribution in [0.1, 0.15) is 31.9 Å². The highest BCUT2D eigenvalue weighted by Crippen LogP contribution is 2.38. The van der Waals surface area contributed by atoms with Gasteiger partial charge in [-0.1, -0.05) is 6.08 Å². The molecule has 25 heavy (non-hydrogen) atoms. The van der Waals surface area contributed by atoms with E-state index in [1.165, 1.54) is 18.3 Å². The highest BCUT2D eigenvalue weighted by molar-refractivity contribution is 5.89. The molecule has 2 aromatic carbocycles. The highest BCUT2D eigenvalue weighted by Gasteiger charge is 2.29. The van der Waals surface area contributed by atoms with Gasteiger partial charge in [-0.3, -0.25) is 4.99 Å². The Balaban J connectivity index is 2.02. The van der Waals surface area contributed by atoms with Gasteiger partial charge in [-0.05, 0) is 50.6 Å². The Bertz CT molecular complexity index is 898. The molecule has 0 aliphatic carbocycles. The van der Waals surface area contributed by atoms with Gasteiger partial charge in [-0.25, -0.2) is 13.2 Å². The molecule has 0 unspecified atom stereocenters. The third kappa shape index (κ3) is 3.18. The van der Waals surface area contributed by atoms with Crippen molar-refractivity contribution in [1.82, 2.24) is 0 Å². The lowest BCUT2D eigenvalue weighted by Crippen LogP contribution is -2.42. The molecule has 0 bridgehead atoms. The maximum Gasteiger partial charge on any atom is 0.151 e. The second-order valence-electron chi connectivity index (χ2n) is 6.78. The Morgan fingerprint density at radius 2 is 1.76 bits per heavy atom. The summed E-state index contributed by atoms with van der Waals surface area (Å²) in [6, 6.07) is 6.25. The quantitative estimate of drug-likeness (QED) is 0.658. The molecule has 0 N–H and O–H groups in total. The fraction of sp³-hybridized carbons (Fsp3) is 0.250. The Labute approximate surface area is 145 Å². The summed E-state index contributed by atoms with van der Waals surface area (Å²) in [7, 11) is 1.92. The van der Waals surface area contributed by atoms with Gasteiger partial charge in [0, 0.05) is 36.1 Å². The summed E-state index contributed by atoms with van der Waals surface area (Å²) in [5, 5.41) is 0. The molecule has 0 saturated heterocycles. The number of benzene rings is 2. The van der Waals surface area contributed by atoms with Gasteiger partial charge in [0.1, 0.15) is 11.6 Å². The molecule has 0 amide bonds. The normalized spacial score (nSPS) is 16.1. The molecule has 0 aromatic heterocycles. The number of hydrogen-bond donors (Lipinski definition) is 0. The van der Waals surface area contributed by atoms with E-state index in [9.17, 15) is 13.2 Å². The summed E-state index contributed by atoms with van der Waals surface area (Å²) >= 11 is 0. The Morgan fingerprint density at radius 3 is 2.44 bits per heavy atom. The molecule has 2 nitrogen and oxygen atoms in total. The smallest absolute Gasteiger partial charge is 0.151 e. The largest absolute Gasteiger partial charge is 0.365 e. The molecule has 5 heteroatoms. The number of likely N-dealkylation sites (N-methyl/N-ethyl adjacent to an activating group) is 1. The van der Waals surface area contributed by atoms with Crippen LogP contribution in [0, 0.1) is 17.5 Å². The summed E-state index contributed by atoms with van der Waals surface area (Å²) in [5.74, 6) is -1.91. The Hall–Kier alpha value is -2.56.